The summed E-state index contributed by atoms with van der Waals surface area (Å²) < 4.78 is 0. The van der Waals surface area contributed by atoms with Gasteiger partial charge >= 0.3 is 5.97 Å². The number of halogens is 1. The molecule has 0 amide bonds. The molecule has 3 N–H and O–H groups in total. The Balaban J connectivity index is 3.03. The van der Waals surface area contributed by atoms with Gasteiger partial charge in [-0.25, -0.2) is 0 Å². The number of hydrogen-bond acceptors (Lipinski definition) is 2. The Morgan fingerprint density at radius 2 is 2.14 bits per heavy atom. The molecule has 76 valence electrons. The Labute approximate surface area is 87.5 Å². The molecule has 0 aliphatic carbocycles. The van der Waals surface area contributed by atoms with E-state index in [1.807, 2.05) is 0 Å². The second-order valence-corrected chi connectivity index (χ2v) is 3.88. The number of benzene rings is 1. The first kappa shape index (κ1) is 11.0. The number of hydrogen-bond donors (Lipinski definition) is 2. The fourth-order valence-corrected chi connectivity index (χ4v) is 1.69. The Morgan fingerprint density at radius 1 is 1.57 bits per heavy atom. The molecule has 3 nitrogen and oxygen atoms in total. The zero-order valence-corrected chi connectivity index (χ0v) is 8.58. The van der Waals surface area contributed by atoms with Crippen molar-refractivity contribution in [3.63, 3.8) is 0 Å². The van der Waals surface area contributed by atoms with Crippen LogP contribution < -0.4 is 5.73 Å². The highest BCUT2D eigenvalue weighted by Gasteiger charge is 2.26. The lowest BCUT2D eigenvalue weighted by Gasteiger charge is -2.24. The monoisotopic (exact) mass is 213 g/mol. The van der Waals surface area contributed by atoms with Crippen molar-refractivity contribution in [3.8, 4) is 0 Å². The molecule has 0 aromatic heterocycles. The van der Waals surface area contributed by atoms with Crippen molar-refractivity contribution >= 4 is 17.6 Å². The minimum absolute atomic E-state index is 0.142. The molecule has 14 heavy (non-hydrogen) atoms. The van der Waals surface area contributed by atoms with Gasteiger partial charge in [0.2, 0.25) is 0 Å². The van der Waals surface area contributed by atoms with E-state index in [1.54, 1.807) is 31.2 Å². The number of aliphatic carboxylic acids is 1. The second kappa shape index (κ2) is 3.98. The summed E-state index contributed by atoms with van der Waals surface area (Å²) >= 11 is 5.92. The maximum absolute atomic E-state index is 10.6. The summed E-state index contributed by atoms with van der Waals surface area (Å²) in [5.74, 6) is -0.935. The molecular weight excluding hydrogens is 202 g/mol. The molecule has 1 aromatic rings. The van der Waals surface area contributed by atoms with Crippen molar-refractivity contribution in [2.45, 2.75) is 18.9 Å². The predicted octanol–water partition coefficient (Wildman–Crippen LogP) is 1.99. The minimum Gasteiger partial charge on any atom is -0.481 e. The van der Waals surface area contributed by atoms with Crippen molar-refractivity contribution in [1.29, 1.82) is 0 Å². The van der Waals surface area contributed by atoms with Crippen LogP contribution in [0.15, 0.2) is 24.3 Å². The van der Waals surface area contributed by atoms with E-state index in [2.05, 4.69) is 0 Å². The summed E-state index contributed by atoms with van der Waals surface area (Å²) in [5, 5.41) is 9.18. The molecule has 1 rings (SSSR count). The first-order valence-corrected chi connectivity index (χ1v) is 4.57. The lowest BCUT2D eigenvalue weighted by Crippen LogP contribution is -2.35. The van der Waals surface area contributed by atoms with Crippen molar-refractivity contribution in [3.05, 3.63) is 34.9 Å². The van der Waals surface area contributed by atoms with Gasteiger partial charge in [0.25, 0.3) is 0 Å². The number of carbonyl (C=O) groups is 1. The number of carboxylic acid groups (broad SMARTS) is 1. The van der Waals surface area contributed by atoms with Crippen LogP contribution in [0.1, 0.15) is 18.9 Å². The molecular formula is C10H12ClNO2. The van der Waals surface area contributed by atoms with E-state index in [1.165, 1.54) is 0 Å². The average molecular weight is 214 g/mol. The van der Waals surface area contributed by atoms with Gasteiger partial charge < -0.3 is 10.8 Å². The molecule has 1 aromatic carbocycles. The van der Waals surface area contributed by atoms with E-state index in [4.69, 9.17) is 22.4 Å². The number of carboxylic acids is 1. The van der Waals surface area contributed by atoms with Gasteiger partial charge in [-0.1, -0.05) is 29.8 Å². The van der Waals surface area contributed by atoms with Gasteiger partial charge in [0.05, 0.1) is 12.0 Å². The summed E-state index contributed by atoms with van der Waals surface area (Å²) in [4.78, 5) is 10.6. The third kappa shape index (κ3) is 2.47. The predicted molar refractivity (Wildman–Crippen MR) is 55.2 cm³/mol. The first-order chi connectivity index (χ1) is 6.43. The molecule has 0 spiro atoms. The average Bonchev–Trinajstić information content (AvgIpc) is 2.02. The van der Waals surface area contributed by atoms with Gasteiger partial charge in [-0.3, -0.25) is 4.79 Å². The Morgan fingerprint density at radius 3 is 2.64 bits per heavy atom. The van der Waals surface area contributed by atoms with Crippen LogP contribution in [0, 0.1) is 0 Å². The summed E-state index contributed by atoms with van der Waals surface area (Å²) in [6.07, 6.45) is -0.142. The normalized spacial score (nSPS) is 14.8. The highest BCUT2D eigenvalue weighted by Crippen LogP contribution is 2.28. The lowest BCUT2D eigenvalue weighted by molar-refractivity contribution is -0.138. The number of nitrogens with two attached hydrogens (primary N) is 1. The van der Waals surface area contributed by atoms with Crippen molar-refractivity contribution in [1.82, 2.24) is 0 Å². The lowest BCUT2D eigenvalue weighted by atomic mass is 9.90. The van der Waals surface area contributed by atoms with Gasteiger partial charge in [0.1, 0.15) is 0 Å². The van der Waals surface area contributed by atoms with Crippen molar-refractivity contribution in [2.75, 3.05) is 0 Å². The highest BCUT2D eigenvalue weighted by atomic mass is 35.5. The molecule has 0 heterocycles. The van der Waals surface area contributed by atoms with Gasteiger partial charge in [-0.05, 0) is 18.6 Å². The van der Waals surface area contributed by atoms with Gasteiger partial charge in [-0.15, -0.1) is 0 Å². The molecule has 0 aliphatic rings. The van der Waals surface area contributed by atoms with Crippen molar-refractivity contribution in [2.24, 2.45) is 5.73 Å². The smallest absolute Gasteiger partial charge is 0.305 e. The molecule has 1 atom stereocenters. The van der Waals surface area contributed by atoms with Gasteiger partial charge in [0, 0.05) is 5.02 Å². The zero-order chi connectivity index (χ0) is 10.8. The summed E-state index contributed by atoms with van der Waals surface area (Å²) in [6.45, 7) is 1.66. The fraction of sp³-hybridized carbons (Fsp3) is 0.300. The van der Waals surface area contributed by atoms with Crippen LogP contribution in [0.5, 0.6) is 0 Å². The topological polar surface area (TPSA) is 63.3 Å². The van der Waals surface area contributed by atoms with Crippen LogP contribution in [-0.2, 0) is 10.3 Å². The molecule has 0 saturated carbocycles. The first-order valence-electron chi connectivity index (χ1n) is 4.19. The Kier molecular flexibility index (Phi) is 3.13. The van der Waals surface area contributed by atoms with E-state index < -0.39 is 11.5 Å². The maximum atomic E-state index is 10.6. The van der Waals surface area contributed by atoms with Crippen LogP contribution in [0.3, 0.4) is 0 Å². The molecule has 0 radical (unpaired) electrons. The number of rotatable bonds is 3. The molecule has 0 unspecified atom stereocenters. The van der Waals surface area contributed by atoms with E-state index >= 15 is 0 Å². The highest BCUT2D eigenvalue weighted by molar-refractivity contribution is 6.31. The standard InChI is InChI=1S/C10H12ClNO2/c1-10(12,6-9(13)14)7-4-2-3-5-8(7)11/h2-5H,6,12H2,1H3,(H,13,14)/t10-/m0/s1. The molecule has 0 aliphatic heterocycles. The summed E-state index contributed by atoms with van der Waals surface area (Å²) in [7, 11) is 0. The zero-order valence-electron chi connectivity index (χ0n) is 7.83. The van der Waals surface area contributed by atoms with Crippen LogP contribution in [-0.4, -0.2) is 11.1 Å². The largest absolute Gasteiger partial charge is 0.481 e. The van der Waals surface area contributed by atoms with E-state index in [-0.39, 0.29) is 6.42 Å². The van der Waals surface area contributed by atoms with Crippen LogP contribution in [0.25, 0.3) is 0 Å². The second-order valence-electron chi connectivity index (χ2n) is 3.47. The minimum atomic E-state index is -0.935. The van der Waals surface area contributed by atoms with E-state index in [0.29, 0.717) is 10.6 Å². The quantitative estimate of drug-likeness (QED) is 0.807. The summed E-state index contributed by atoms with van der Waals surface area (Å²) in [6, 6.07) is 7.01. The van der Waals surface area contributed by atoms with E-state index in [0.717, 1.165) is 0 Å². The summed E-state index contributed by atoms with van der Waals surface area (Å²) in [5.41, 5.74) is 5.60. The van der Waals surface area contributed by atoms with Gasteiger partial charge in [-0.2, -0.15) is 0 Å². The molecule has 0 bridgehead atoms. The molecule has 4 heteroatoms. The van der Waals surface area contributed by atoms with Crippen molar-refractivity contribution < 1.29 is 9.90 Å². The van der Waals surface area contributed by atoms with Gasteiger partial charge in [0.15, 0.2) is 0 Å². The third-order valence-electron chi connectivity index (χ3n) is 2.01. The maximum Gasteiger partial charge on any atom is 0.305 e. The molecule has 0 saturated heterocycles. The van der Waals surface area contributed by atoms with Crippen LogP contribution in [0.4, 0.5) is 0 Å². The molecule has 0 fully saturated rings. The Hall–Kier alpha value is -1.06. The Bertz CT molecular complexity index is 350. The SMILES string of the molecule is C[C@](N)(CC(=O)O)c1ccccc1Cl. The van der Waals surface area contributed by atoms with E-state index in [9.17, 15) is 4.79 Å². The fourth-order valence-electron chi connectivity index (χ4n) is 1.33. The van der Waals surface area contributed by atoms with Crippen LogP contribution in [0.2, 0.25) is 5.02 Å². The van der Waals surface area contributed by atoms with Crippen LogP contribution >= 0.6 is 11.6 Å². The third-order valence-corrected chi connectivity index (χ3v) is 2.34.